The van der Waals surface area contributed by atoms with E-state index in [1.165, 1.54) is 5.69 Å². The van der Waals surface area contributed by atoms with Crippen LogP contribution in [0, 0.1) is 5.92 Å². The minimum absolute atomic E-state index is 0.0856. The van der Waals surface area contributed by atoms with Crippen LogP contribution in [0.5, 0.6) is 5.75 Å². The van der Waals surface area contributed by atoms with Gasteiger partial charge in [-0.1, -0.05) is 30.3 Å². The van der Waals surface area contributed by atoms with E-state index in [4.69, 9.17) is 4.74 Å². The molecule has 1 unspecified atom stereocenters. The second-order valence-corrected chi connectivity index (χ2v) is 9.60. The van der Waals surface area contributed by atoms with Gasteiger partial charge in [0.1, 0.15) is 5.75 Å². The second-order valence-electron chi connectivity index (χ2n) is 9.60. The molecule has 2 aromatic rings. The van der Waals surface area contributed by atoms with E-state index in [-0.39, 0.29) is 11.8 Å². The molecular formula is C28H38N4O3. The molecule has 35 heavy (non-hydrogen) atoms. The number of ether oxygens (including phenoxy) is 1. The molecule has 1 atom stereocenters. The molecule has 0 radical (unpaired) electrons. The number of para-hydroxylation sites is 1. The topological polar surface area (TPSA) is 65.1 Å². The van der Waals surface area contributed by atoms with Gasteiger partial charge in [-0.05, 0) is 55.0 Å². The van der Waals surface area contributed by atoms with E-state index in [1.54, 1.807) is 7.11 Å². The van der Waals surface area contributed by atoms with Crippen molar-refractivity contribution in [3.8, 4) is 5.75 Å². The number of carbonyl (C=O) groups is 2. The van der Waals surface area contributed by atoms with E-state index in [0.717, 1.165) is 69.8 Å². The molecule has 2 amide bonds. The molecule has 7 heteroatoms. The molecule has 0 bridgehead atoms. The van der Waals surface area contributed by atoms with Crippen LogP contribution in [-0.2, 0) is 16.0 Å². The third kappa shape index (κ3) is 7.46. The average Bonchev–Trinajstić information content (AvgIpc) is 3.26. The first-order chi connectivity index (χ1) is 17.1. The summed E-state index contributed by atoms with van der Waals surface area (Å²) in [6.45, 7) is 6.20. The van der Waals surface area contributed by atoms with Gasteiger partial charge in [0.25, 0.3) is 0 Å². The number of methoxy groups -OCH3 is 1. The summed E-state index contributed by atoms with van der Waals surface area (Å²) in [5, 5.41) is 3.15. The molecule has 2 fully saturated rings. The highest BCUT2D eigenvalue weighted by molar-refractivity contribution is 5.78. The largest absolute Gasteiger partial charge is 0.497 e. The van der Waals surface area contributed by atoms with E-state index in [1.807, 2.05) is 35.2 Å². The lowest BCUT2D eigenvalue weighted by Gasteiger charge is -2.22. The fourth-order valence-corrected chi connectivity index (χ4v) is 4.97. The summed E-state index contributed by atoms with van der Waals surface area (Å²) in [4.78, 5) is 31.9. The van der Waals surface area contributed by atoms with Crippen LogP contribution in [0.15, 0.2) is 54.6 Å². The third-order valence-electron chi connectivity index (χ3n) is 7.09. The quantitative estimate of drug-likeness (QED) is 0.601. The van der Waals surface area contributed by atoms with Gasteiger partial charge in [-0.3, -0.25) is 14.5 Å². The molecule has 2 aliphatic heterocycles. The highest BCUT2D eigenvalue weighted by atomic mass is 16.5. The number of nitrogens with one attached hydrogen (secondary N) is 1. The minimum atomic E-state index is 0.0856. The molecular weight excluding hydrogens is 440 g/mol. The van der Waals surface area contributed by atoms with Crippen LogP contribution in [-0.4, -0.2) is 81.1 Å². The number of hydrogen-bond acceptors (Lipinski definition) is 5. The lowest BCUT2D eigenvalue weighted by Crippen LogP contribution is -2.41. The highest BCUT2D eigenvalue weighted by Crippen LogP contribution is 2.23. The Morgan fingerprint density at radius 3 is 2.54 bits per heavy atom. The van der Waals surface area contributed by atoms with E-state index < -0.39 is 0 Å². The zero-order valence-corrected chi connectivity index (χ0v) is 20.8. The van der Waals surface area contributed by atoms with Crippen LogP contribution in [0.25, 0.3) is 0 Å². The fourth-order valence-electron chi connectivity index (χ4n) is 4.97. The Bertz CT molecular complexity index is 950. The maximum Gasteiger partial charge on any atom is 0.234 e. The summed E-state index contributed by atoms with van der Waals surface area (Å²) >= 11 is 0. The number of hydrogen-bond donors (Lipinski definition) is 1. The first-order valence-corrected chi connectivity index (χ1v) is 12.8. The maximum atomic E-state index is 12.8. The van der Waals surface area contributed by atoms with Crippen molar-refractivity contribution in [3.63, 3.8) is 0 Å². The summed E-state index contributed by atoms with van der Waals surface area (Å²) in [5.74, 6) is 1.59. The molecule has 0 aromatic heterocycles. The Hall–Kier alpha value is -3.06. The van der Waals surface area contributed by atoms with Crippen LogP contribution < -0.4 is 15.0 Å². The second kappa shape index (κ2) is 12.6. The van der Waals surface area contributed by atoms with Gasteiger partial charge in [-0.15, -0.1) is 0 Å². The maximum absolute atomic E-state index is 12.8. The normalized spacial score (nSPS) is 18.8. The molecule has 188 valence electrons. The molecule has 0 aliphatic carbocycles. The molecule has 7 nitrogen and oxygen atoms in total. The van der Waals surface area contributed by atoms with Crippen molar-refractivity contribution in [3.05, 3.63) is 60.2 Å². The summed E-state index contributed by atoms with van der Waals surface area (Å²) in [6, 6.07) is 18.4. The van der Waals surface area contributed by atoms with Crippen molar-refractivity contribution in [2.45, 2.75) is 25.7 Å². The van der Waals surface area contributed by atoms with E-state index in [0.29, 0.717) is 25.4 Å². The predicted octanol–water partition coefficient (Wildman–Crippen LogP) is 2.80. The number of aryl methyl sites for hydroxylation is 1. The van der Waals surface area contributed by atoms with Gasteiger partial charge < -0.3 is 19.9 Å². The lowest BCUT2D eigenvalue weighted by atomic mass is 10.1. The van der Waals surface area contributed by atoms with Crippen molar-refractivity contribution >= 4 is 17.5 Å². The van der Waals surface area contributed by atoms with Gasteiger partial charge in [0.05, 0.1) is 13.7 Å². The molecule has 2 aliphatic rings. The Kier molecular flexibility index (Phi) is 9.01. The molecule has 1 N–H and O–H groups in total. The van der Waals surface area contributed by atoms with Gasteiger partial charge >= 0.3 is 0 Å². The van der Waals surface area contributed by atoms with Crippen LogP contribution in [0.4, 0.5) is 5.69 Å². The number of amides is 2. The monoisotopic (exact) mass is 478 g/mol. The van der Waals surface area contributed by atoms with E-state index in [2.05, 4.69) is 39.4 Å². The highest BCUT2D eigenvalue weighted by Gasteiger charge is 2.24. The van der Waals surface area contributed by atoms with Gasteiger partial charge in [-0.2, -0.15) is 0 Å². The van der Waals surface area contributed by atoms with Crippen molar-refractivity contribution in [2.24, 2.45) is 5.92 Å². The first-order valence-electron chi connectivity index (χ1n) is 12.8. The van der Waals surface area contributed by atoms with Gasteiger partial charge in [0.2, 0.25) is 11.8 Å². The van der Waals surface area contributed by atoms with Crippen LogP contribution in [0.2, 0.25) is 0 Å². The average molecular weight is 479 g/mol. The van der Waals surface area contributed by atoms with Crippen molar-refractivity contribution in [2.75, 3.05) is 64.4 Å². The predicted molar refractivity (Wildman–Crippen MR) is 139 cm³/mol. The van der Waals surface area contributed by atoms with Crippen LogP contribution in [0.3, 0.4) is 0 Å². The van der Waals surface area contributed by atoms with Gasteiger partial charge in [0, 0.05) is 57.9 Å². The standard InChI is InChI=1S/C28H38N4O3/c1-35-26-11-8-23(9-12-26)10-13-28(34)31-16-5-15-30(18-19-31)22-27(33)29-20-24-14-17-32(21-24)25-6-3-2-4-7-25/h2-4,6-9,11-12,24H,5,10,13-22H2,1H3,(H,29,33). The Labute approximate surface area is 209 Å². The zero-order chi connectivity index (χ0) is 24.5. The number of rotatable bonds is 9. The smallest absolute Gasteiger partial charge is 0.234 e. The molecule has 2 aromatic carbocycles. The summed E-state index contributed by atoms with van der Waals surface area (Å²) in [7, 11) is 1.65. The fraction of sp³-hybridized carbons (Fsp3) is 0.500. The SMILES string of the molecule is COc1ccc(CCC(=O)N2CCCN(CC(=O)NCC3CCN(c4ccccc4)C3)CC2)cc1. The first kappa shape index (κ1) is 25.0. The summed E-state index contributed by atoms with van der Waals surface area (Å²) < 4.78 is 5.19. The summed E-state index contributed by atoms with van der Waals surface area (Å²) in [5.41, 5.74) is 2.40. The minimum Gasteiger partial charge on any atom is -0.497 e. The molecule has 2 heterocycles. The van der Waals surface area contributed by atoms with Gasteiger partial charge in [0.15, 0.2) is 0 Å². The number of carbonyl (C=O) groups excluding carboxylic acids is 2. The number of nitrogens with zero attached hydrogens (tertiary/aromatic N) is 3. The van der Waals surface area contributed by atoms with Crippen LogP contribution >= 0.6 is 0 Å². The zero-order valence-electron chi connectivity index (χ0n) is 20.8. The van der Waals surface area contributed by atoms with Crippen molar-refractivity contribution in [1.82, 2.24) is 15.1 Å². The number of anilines is 1. The van der Waals surface area contributed by atoms with Crippen molar-refractivity contribution < 1.29 is 14.3 Å². The molecule has 0 spiro atoms. The molecule has 4 rings (SSSR count). The Balaban J connectivity index is 1.14. The van der Waals surface area contributed by atoms with Crippen LogP contribution in [0.1, 0.15) is 24.8 Å². The number of benzene rings is 2. The Morgan fingerprint density at radius 2 is 1.77 bits per heavy atom. The van der Waals surface area contributed by atoms with E-state index in [9.17, 15) is 9.59 Å². The Morgan fingerprint density at radius 1 is 0.971 bits per heavy atom. The van der Waals surface area contributed by atoms with Gasteiger partial charge in [-0.25, -0.2) is 0 Å². The molecule has 0 saturated carbocycles. The molecule has 2 saturated heterocycles. The van der Waals surface area contributed by atoms with Crippen molar-refractivity contribution in [1.29, 1.82) is 0 Å². The van der Waals surface area contributed by atoms with E-state index >= 15 is 0 Å². The summed E-state index contributed by atoms with van der Waals surface area (Å²) in [6.07, 6.45) is 3.24. The lowest BCUT2D eigenvalue weighted by molar-refractivity contribution is -0.131. The third-order valence-corrected chi connectivity index (χ3v) is 7.09.